The van der Waals surface area contributed by atoms with Crippen molar-refractivity contribution < 1.29 is 27.9 Å². The van der Waals surface area contributed by atoms with Crippen molar-refractivity contribution in [2.45, 2.75) is 64.7 Å². The van der Waals surface area contributed by atoms with E-state index in [0.717, 1.165) is 30.4 Å². The van der Waals surface area contributed by atoms with Gasteiger partial charge in [-0.3, -0.25) is 14.8 Å². The first-order valence-electron chi connectivity index (χ1n) is 11.4. The molecule has 1 aromatic carbocycles. The molecular formula is C24H31F3N4O3. The molecule has 0 amide bonds. The van der Waals surface area contributed by atoms with E-state index in [1.807, 2.05) is 13.0 Å². The molecule has 0 radical (unpaired) electrons. The fourth-order valence-corrected chi connectivity index (χ4v) is 4.64. The molecule has 4 rings (SSSR count). The van der Waals surface area contributed by atoms with Crippen LogP contribution in [-0.4, -0.2) is 69.9 Å². The largest absolute Gasteiger partial charge is 0.490 e. The van der Waals surface area contributed by atoms with Crippen LogP contribution in [-0.2, 0) is 11.2 Å². The lowest BCUT2D eigenvalue weighted by molar-refractivity contribution is -0.192. The number of alkyl halides is 3. The molecule has 2 atom stereocenters. The van der Waals surface area contributed by atoms with Crippen LogP contribution in [0.3, 0.4) is 0 Å². The summed E-state index contributed by atoms with van der Waals surface area (Å²) in [6.45, 7) is 9.89. The number of carboxylic acid groups (broad SMARTS) is 1. The van der Waals surface area contributed by atoms with Crippen LogP contribution in [0.25, 0.3) is 0 Å². The predicted octanol–water partition coefficient (Wildman–Crippen LogP) is 4.15. The molecule has 186 valence electrons. The van der Waals surface area contributed by atoms with Crippen molar-refractivity contribution in [1.82, 2.24) is 15.1 Å². The SMILES string of the molecule is Cc1cc(C(=O)Cc2ccc(N3CCC(N4CCCC4C)C3)cc2C)n[nH]1.O=C(O)C(F)(F)F. The van der Waals surface area contributed by atoms with Gasteiger partial charge >= 0.3 is 12.1 Å². The second-order valence-corrected chi connectivity index (χ2v) is 9.07. The van der Waals surface area contributed by atoms with E-state index in [-0.39, 0.29) is 5.78 Å². The molecule has 7 nitrogen and oxygen atoms in total. The summed E-state index contributed by atoms with van der Waals surface area (Å²) in [4.78, 5) is 26.5. The Morgan fingerprint density at radius 3 is 2.41 bits per heavy atom. The first-order chi connectivity index (χ1) is 16.0. The highest BCUT2D eigenvalue weighted by atomic mass is 19.4. The fourth-order valence-electron chi connectivity index (χ4n) is 4.64. The zero-order chi connectivity index (χ0) is 25.0. The summed E-state index contributed by atoms with van der Waals surface area (Å²) in [6, 6.07) is 9.78. The minimum atomic E-state index is -5.08. The summed E-state index contributed by atoms with van der Waals surface area (Å²) in [5.41, 5.74) is 5.01. The molecule has 3 heterocycles. The minimum Gasteiger partial charge on any atom is -0.475 e. The van der Waals surface area contributed by atoms with E-state index in [2.05, 4.69) is 52.0 Å². The van der Waals surface area contributed by atoms with E-state index in [0.29, 0.717) is 18.2 Å². The Hall–Kier alpha value is -2.88. The average molecular weight is 481 g/mol. The molecule has 2 unspecified atom stereocenters. The molecule has 0 aliphatic carbocycles. The second kappa shape index (κ2) is 10.6. The lowest BCUT2D eigenvalue weighted by Gasteiger charge is -2.28. The number of nitrogens with zero attached hydrogens (tertiary/aromatic N) is 3. The molecule has 0 spiro atoms. The third kappa shape index (κ3) is 6.37. The van der Waals surface area contributed by atoms with Crippen LogP contribution in [0.2, 0.25) is 0 Å². The Morgan fingerprint density at radius 1 is 1.18 bits per heavy atom. The lowest BCUT2D eigenvalue weighted by Crippen LogP contribution is -2.39. The van der Waals surface area contributed by atoms with Crippen molar-refractivity contribution in [2.75, 3.05) is 24.5 Å². The third-order valence-electron chi connectivity index (χ3n) is 6.51. The van der Waals surface area contributed by atoms with Gasteiger partial charge in [0.25, 0.3) is 0 Å². The van der Waals surface area contributed by atoms with Crippen LogP contribution in [0.15, 0.2) is 24.3 Å². The number of rotatable bonds is 5. The Bertz CT molecular complexity index is 1020. The van der Waals surface area contributed by atoms with E-state index in [9.17, 15) is 18.0 Å². The average Bonchev–Trinajstić information content (AvgIpc) is 3.50. The van der Waals surface area contributed by atoms with Crippen LogP contribution >= 0.6 is 0 Å². The molecule has 2 aliphatic heterocycles. The number of Topliss-reactive ketones (excluding diaryl/α,β-unsaturated/α-hetero) is 1. The van der Waals surface area contributed by atoms with Gasteiger partial charge in [0, 0.05) is 43.0 Å². The van der Waals surface area contributed by atoms with Gasteiger partial charge < -0.3 is 10.0 Å². The molecule has 0 bridgehead atoms. The summed E-state index contributed by atoms with van der Waals surface area (Å²) in [7, 11) is 0. The van der Waals surface area contributed by atoms with Crippen molar-refractivity contribution in [2.24, 2.45) is 0 Å². The van der Waals surface area contributed by atoms with Crippen molar-refractivity contribution in [3.8, 4) is 0 Å². The predicted molar refractivity (Wildman–Crippen MR) is 122 cm³/mol. The van der Waals surface area contributed by atoms with Crippen molar-refractivity contribution in [3.05, 3.63) is 46.8 Å². The first-order valence-corrected chi connectivity index (χ1v) is 11.4. The molecule has 1 aromatic heterocycles. The standard InChI is InChI=1S/C22H30N4O.C2HF3O2/c1-15-11-19(25-10-8-20(14-25)26-9-4-5-17(26)3)7-6-18(15)13-22(27)21-12-16(2)23-24-21;3-2(4,5)1(6)7/h6-7,11-12,17,20H,4-5,8-10,13-14H2,1-3H3,(H,23,24);(H,6,7). The maximum Gasteiger partial charge on any atom is 0.490 e. The van der Waals surface area contributed by atoms with E-state index in [1.54, 1.807) is 0 Å². The topological polar surface area (TPSA) is 89.5 Å². The highest BCUT2D eigenvalue weighted by molar-refractivity contribution is 5.96. The van der Waals surface area contributed by atoms with Gasteiger partial charge in [-0.05, 0) is 75.9 Å². The number of hydrogen-bond donors (Lipinski definition) is 2. The number of ketones is 1. The van der Waals surface area contributed by atoms with Crippen LogP contribution in [0.5, 0.6) is 0 Å². The molecule has 0 saturated carbocycles. The van der Waals surface area contributed by atoms with Gasteiger partial charge in [-0.25, -0.2) is 4.79 Å². The van der Waals surface area contributed by atoms with Gasteiger partial charge in [0.1, 0.15) is 5.69 Å². The van der Waals surface area contributed by atoms with Gasteiger partial charge in [0.2, 0.25) is 0 Å². The van der Waals surface area contributed by atoms with Crippen molar-refractivity contribution in [1.29, 1.82) is 0 Å². The first kappa shape index (κ1) is 25.7. The number of halogens is 3. The van der Waals surface area contributed by atoms with E-state index in [1.165, 1.54) is 37.1 Å². The monoisotopic (exact) mass is 480 g/mol. The number of aliphatic carboxylic acids is 1. The van der Waals surface area contributed by atoms with Crippen molar-refractivity contribution >= 4 is 17.4 Å². The maximum atomic E-state index is 12.4. The molecule has 10 heteroatoms. The second-order valence-electron chi connectivity index (χ2n) is 9.07. The molecular weight excluding hydrogens is 449 g/mol. The Morgan fingerprint density at radius 2 is 1.88 bits per heavy atom. The molecule has 2 fully saturated rings. The summed E-state index contributed by atoms with van der Waals surface area (Å²) >= 11 is 0. The normalized spacial score (nSPS) is 20.8. The van der Waals surface area contributed by atoms with Gasteiger partial charge in [0.15, 0.2) is 5.78 Å². The van der Waals surface area contributed by atoms with Gasteiger partial charge in [0.05, 0.1) is 0 Å². The summed E-state index contributed by atoms with van der Waals surface area (Å²) < 4.78 is 31.7. The number of carboxylic acids is 1. The number of hydrogen-bond acceptors (Lipinski definition) is 5. The number of carbonyl (C=O) groups excluding carboxylic acids is 1. The number of aromatic amines is 1. The highest BCUT2D eigenvalue weighted by Gasteiger charge is 2.38. The lowest BCUT2D eigenvalue weighted by atomic mass is 10.0. The number of carbonyl (C=O) groups is 2. The Kier molecular flexibility index (Phi) is 8.01. The number of likely N-dealkylation sites (tertiary alicyclic amines) is 1. The molecule has 2 aliphatic rings. The zero-order valence-corrected chi connectivity index (χ0v) is 19.7. The van der Waals surface area contributed by atoms with Crippen LogP contribution < -0.4 is 4.90 Å². The maximum absolute atomic E-state index is 12.4. The highest BCUT2D eigenvalue weighted by Crippen LogP contribution is 2.29. The van der Waals surface area contributed by atoms with E-state index >= 15 is 0 Å². The summed E-state index contributed by atoms with van der Waals surface area (Å²) in [5.74, 6) is -2.69. The number of nitrogens with one attached hydrogen (secondary N) is 1. The van der Waals surface area contributed by atoms with E-state index < -0.39 is 12.1 Å². The number of H-pyrrole nitrogens is 1. The molecule has 2 aromatic rings. The third-order valence-corrected chi connectivity index (χ3v) is 6.51. The fraction of sp³-hybridized carbons (Fsp3) is 0.542. The number of aromatic nitrogens is 2. The summed E-state index contributed by atoms with van der Waals surface area (Å²) in [5, 5.41) is 14.1. The van der Waals surface area contributed by atoms with Crippen molar-refractivity contribution in [3.63, 3.8) is 0 Å². The Balaban J connectivity index is 0.000000406. The van der Waals surface area contributed by atoms with Crippen LogP contribution in [0, 0.1) is 13.8 Å². The molecule has 34 heavy (non-hydrogen) atoms. The number of benzene rings is 1. The van der Waals surface area contributed by atoms with Crippen LogP contribution in [0.4, 0.5) is 18.9 Å². The summed E-state index contributed by atoms with van der Waals surface area (Å²) in [6.07, 6.45) is -0.741. The van der Waals surface area contributed by atoms with Crippen LogP contribution in [0.1, 0.15) is 53.5 Å². The zero-order valence-electron chi connectivity index (χ0n) is 19.7. The quantitative estimate of drug-likeness (QED) is 0.625. The van der Waals surface area contributed by atoms with Gasteiger partial charge in [-0.2, -0.15) is 18.3 Å². The molecule has 2 N–H and O–H groups in total. The van der Waals surface area contributed by atoms with E-state index in [4.69, 9.17) is 9.90 Å². The molecule has 2 saturated heterocycles. The Labute approximate surface area is 196 Å². The number of aryl methyl sites for hydroxylation is 2. The van der Waals surface area contributed by atoms with Gasteiger partial charge in [-0.15, -0.1) is 0 Å². The minimum absolute atomic E-state index is 0.0689. The van der Waals surface area contributed by atoms with Gasteiger partial charge in [-0.1, -0.05) is 6.07 Å². The number of anilines is 1. The smallest absolute Gasteiger partial charge is 0.475 e.